The van der Waals surface area contributed by atoms with Gasteiger partial charge in [0.15, 0.2) is 0 Å². The molecule has 0 saturated carbocycles. The summed E-state index contributed by atoms with van der Waals surface area (Å²) in [6, 6.07) is 9.49. The van der Waals surface area contributed by atoms with E-state index in [1.165, 1.54) is 12.1 Å². The van der Waals surface area contributed by atoms with E-state index in [1.807, 2.05) is 14.0 Å². The molecule has 3 heterocycles. The maximum absolute atomic E-state index is 12.8. The lowest BCUT2D eigenvalue weighted by atomic mass is 9.62. The molecule has 1 atom stereocenters. The van der Waals surface area contributed by atoms with Crippen molar-refractivity contribution in [1.29, 1.82) is 0 Å². The Bertz CT molecular complexity index is 1160. The minimum atomic E-state index is -4.30. The molecule has 34 heavy (non-hydrogen) atoms. The first-order chi connectivity index (χ1) is 15.7. The van der Waals surface area contributed by atoms with E-state index < -0.39 is 29.2 Å². The van der Waals surface area contributed by atoms with Crippen LogP contribution in [0.15, 0.2) is 48.8 Å². The number of likely N-dealkylation sites (tertiary alicyclic amines) is 1. The van der Waals surface area contributed by atoms with Crippen molar-refractivity contribution in [2.24, 2.45) is 5.41 Å². The largest absolute Gasteiger partial charge is 0.393 e. The average molecular weight is 475 g/mol. The SMILES string of the molecule is CN1CC(C)([C@](O)(c2ccc(CC(F)(F)F)cc2)c2cncc(-c3cc(C(C)(C)O)[nH]n3)c2)C1. The average Bonchev–Trinajstić information content (AvgIpc) is 3.22. The molecule has 9 heteroatoms. The van der Waals surface area contributed by atoms with Gasteiger partial charge in [-0.25, -0.2) is 0 Å². The highest BCUT2D eigenvalue weighted by molar-refractivity contribution is 5.60. The van der Waals surface area contributed by atoms with E-state index in [0.717, 1.165) is 0 Å². The molecule has 1 aliphatic heterocycles. The van der Waals surface area contributed by atoms with Crippen LogP contribution in [0, 0.1) is 5.41 Å². The third-order valence-electron chi connectivity index (χ3n) is 6.58. The molecule has 0 spiro atoms. The van der Waals surface area contributed by atoms with Crippen molar-refractivity contribution in [1.82, 2.24) is 20.1 Å². The lowest BCUT2D eigenvalue weighted by Crippen LogP contribution is -2.63. The Morgan fingerprint density at radius 2 is 1.68 bits per heavy atom. The number of aromatic nitrogens is 3. The second-order valence-corrected chi connectivity index (χ2v) is 10.1. The lowest BCUT2D eigenvalue weighted by Gasteiger charge is -2.55. The Hall–Kier alpha value is -2.75. The zero-order valence-electron chi connectivity index (χ0n) is 19.6. The Morgan fingerprint density at radius 1 is 1.03 bits per heavy atom. The standard InChI is InChI=1S/C25H29F3N4O2/c1-22(2,33)21-10-20(30-31-21)17-9-19(13-29-12-17)25(34,23(3)14-32(4)15-23)18-7-5-16(6-8-18)11-24(26,27)28/h5-10,12-13,33-34H,11,14-15H2,1-4H3,(H,30,31)/t25-/m0/s1. The van der Waals surface area contributed by atoms with E-state index in [-0.39, 0.29) is 5.56 Å². The molecule has 0 unspecified atom stereocenters. The van der Waals surface area contributed by atoms with E-state index in [4.69, 9.17) is 0 Å². The summed E-state index contributed by atoms with van der Waals surface area (Å²) >= 11 is 0. The Balaban J connectivity index is 1.77. The summed E-state index contributed by atoms with van der Waals surface area (Å²) in [4.78, 5) is 6.42. The van der Waals surface area contributed by atoms with Gasteiger partial charge in [0.25, 0.3) is 0 Å². The summed E-state index contributed by atoms with van der Waals surface area (Å²) in [6.07, 6.45) is -2.12. The Morgan fingerprint density at radius 3 is 2.21 bits per heavy atom. The van der Waals surface area contributed by atoms with Gasteiger partial charge in [0, 0.05) is 42.0 Å². The van der Waals surface area contributed by atoms with Gasteiger partial charge in [-0.15, -0.1) is 0 Å². The zero-order valence-corrected chi connectivity index (χ0v) is 19.6. The van der Waals surface area contributed by atoms with Crippen molar-refractivity contribution in [2.45, 2.75) is 44.6 Å². The summed E-state index contributed by atoms with van der Waals surface area (Å²) in [5, 5.41) is 29.6. The minimum absolute atomic E-state index is 0.136. The van der Waals surface area contributed by atoms with Gasteiger partial charge in [0.1, 0.15) is 11.2 Å². The van der Waals surface area contributed by atoms with Crippen molar-refractivity contribution in [3.05, 3.63) is 71.2 Å². The number of rotatable bonds is 6. The molecule has 182 valence electrons. The number of nitrogens with zero attached hydrogens (tertiary/aromatic N) is 3. The molecule has 6 nitrogen and oxygen atoms in total. The van der Waals surface area contributed by atoms with Gasteiger partial charge < -0.3 is 15.1 Å². The highest BCUT2D eigenvalue weighted by Crippen LogP contribution is 2.50. The van der Waals surface area contributed by atoms with E-state index in [1.54, 1.807) is 50.5 Å². The van der Waals surface area contributed by atoms with Gasteiger partial charge in [0.05, 0.1) is 17.8 Å². The number of aliphatic hydroxyl groups is 2. The molecule has 0 radical (unpaired) electrons. The molecule has 0 bridgehead atoms. The molecule has 4 rings (SSSR count). The summed E-state index contributed by atoms with van der Waals surface area (Å²) in [7, 11) is 1.95. The topological polar surface area (TPSA) is 85.3 Å². The summed E-state index contributed by atoms with van der Waals surface area (Å²) in [6.45, 7) is 6.46. The van der Waals surface area contributed by atoms with Crippen LogP contribution in [0.25, 0.3) is 11.3 Å². The predicted molar refractivity (Wildman–Crippen MR) is 122 cm³/mol. The van der Waals surface area contributed by atoms with Crippen LogP contribution in [0.2, 0.25) is 0 Å². The number of hydrogen-bond donors (Lipinski definition) is 3. The number of nitrogens with one attached hydrogen (secondary N) is 1. The van der Waals surface area contributed by atoms with Gasteiger partial charge in [-0.1, -0.05) is 31.2 Å². The zero-order chi connectivity index (χ0) is 24.9. The first-order valence-corrected chi connectivity index (χ1v) is 11.0. The maximum Gasteiger partial charge on any atom is 0.393 e. The number of halogens is 3. The highest BCUT2D eigenvalue weighted by Gasteiger charge is 2.55. The van der Waals surface area contributed by atoms with Crippen molar-refractivity contribution < 1.29 is 23.4 Å². The van der Waals surface area contributed by atoms with Crippen LogP contribution in [-0.2, 0) is 17.6 Å². The summed E-state index contributed by atoms with van der Waals surface area (Å²) in [5.41, 5.74) is -0.263. The second-order valence-electron chi connectivity index (χ2n) is 10.1. The fourth-order valence-corrected chi connectivity index (χ4v) is 4.89. The summed E-state index contributed by atoms with van der Waals surface area (Å²) in [5.74, 6) is 0. The predicted octanol–water partition coefficient (Wildman–Crippen LogP) is 3.99. The number of hydrogen-bond acceptors (Lipinski definition) is 5. The van der Waals surface area contributed by atoms with Crippen LogP contribution in [-0.4, -0.2) is 56.6 Å². The van der Waals surface area contributed by atoms with Crippen LogP contribution < -0.4 is 0 Å². The highest BCUT2D eigenvalue weighted by atomic mass is 19.4. The number of alkyl halides is 3. The quantitative estimate of drug-likeness (QED) is 0.503. The lowest BCUT2D eigenvalue weighted by molar-refractivity contribution is -0.128. The first kappa shape index (κ1) is 24.4. The summed E-state index contributed by atoms with van der Waals surface area (Å²) < 4.78 is 38.5. The van der Waals surface area contributed by atoms with E-state index in [0.29, 0.717) is 41.2 Å². The van der Waals surface area contributed by atoms with Crippen molar-refractivity contribution in [2.75, 3.05) is 20.1 Å². The molecule has 1 fully saturated rings. The molecule has 1 saturated heterocycles. The second kappa shape index (κ2) is 8.18. The van der Waals surface area contributed by atoms with Crippen molar-refractivity contribution in [3.8, 4) is 11.3 Å². The molecule has 2 aromatic heterocycles. The van der Waals surface area contributed by atoms with E-state index >= 15 is 0 Å². The van der Waals surface area contributed by atoms with Crippen molar-refractivity contribution in [3.63, 3.8) is 0 Å². The smallest absolute Gasteiger partial charge is 0.384 e. The number of aromatic amines is 1. The van der Waals surface area contributed by atoms with Crippen LogP contribution >= 0.6 is 0 Å². The molecule has 3 aromatic rings. The van der Waals surface area contributed by atoms with E-state index in [9.17, 15) is 23.4 Å². The third-order valence-corrected chi connectivity index (χ3v) is 6.58. The first-order valence-electron chi connectivity index (χ1n) is 11.0. The van der Waals surface area contributed by atoms with Gasteiger partial charge in [0.2, 0.25) is 0 Å². The minimum Gasteiger partial charge on any atom is -0.384 e. The molecule has 0 aliphatic carbocycles. The van der Waals surface area contributed by atoms with Gasteiger partial charge in [-0.2, -0.15) is 18.3 Å². The Kier molecular flexibility index (Phi) is 5.86. The molecular formula is C25H29F3N4O2. The molecule has 1 aliphatic rings. The molecule has 3 N–H and O–H groups in total. The van der Waals surface area contributed by atoms with Crippen LogP contribution in [0.5, 0.6) is 0 Å². The number of H-pyrrole nitrogens is 1. The normalized spacial score (nSPS) is 18.4. The van der Waals surface area contributed by atoms with Gasteiger partial charge >= 0.3 is 6.18 Å². The fourth-order valence-electron chi connectivity index (χ4n) is 4.89. The number of pyridine rings is 1. The van der Waals surface area contributed by atoms with Crippen LogP contribution in [0.4, 0.5) is 13.2 Å². The third kappa shape index (κ3) is 4.47. The van der Waals surface area contributed by atoms with Crippen LogP contribution in [0.3, 0.4) is 0 Å². The van der Waals surface area contributed by atoms with Gasteiger partial charge in [-0.05, 0) is 44.2 Å². The number of benzene rings is 1. The Labute approximate surface area is 196 Å². The fraction of sp³-hybridized carbons (Fsp3) is 0.440. The van der Waals surface area contributed by atoms with E-state index in [2.05, 4.69) is 20.1 Å². The van der Waals surface area contributed by atoms with Crippen LogP contribution in [0.1, 0.15) is 43.2 Å². The molecule has 1 aromatic carbocycles. The monoisotopic (exact) mass is 474 g/mol. The van der Waals surface area contributed by atoms with Crippen molar-refractivity contribution >= 4 is 0 Å². The molecule has 0 amide bonds. The maximum atomic E-state index is 12.8. The molecular weight excluding hydrogens is 445 g/mol. The van der Waals surface area contributed by atoms with Gasteiger partial charge in [-0.3, -0.25) is 10.1 Å².